The lowest BCUT2D eigenvalue weighted by Crippen LogP contribution is -2.07. The molecule has 0 saturated carbocycles. The number of hydrogen-bond donors (Lipinski definition) is 1. The summed E-state index contributed by atoms with van der Waals surface area (Å²) < 4.78 is 0. The van der Waals surface area contributed by atoms with Crippen LogP contribution in [0.5, 0.6) is 0 Å². The average molecular weight is 264 g/mol. The minimum Gasteiger partial charge on any atom is -0.481 e. The van der Waals surface area contributed by atoms with E-state index >= 15 is 0 Å². The van der Waals surface area contributed by atoms with Crippen molar-refractivity contribution in [2.45, 2.75) is 38.0 Å². The summed E-state index contributed by atoms with van der Waals surface area (Å²) in [5.74, 6) is 2.60. The Balaban J connectivity index is 1.86. The van der Waals surface area contributed by atoms with Crippen molar-refractivity contribution in [2.24, 2.45) is 0 Å². The molecule has 1 N–H and O–H groups in total. The number of aliphatic carboxylic acids is 1. The van der Waals surface area contributed by atoms with E-state index in [-0.39, 0.29) is 6.42 Å². The van der Waals surface area contributed by atoms with Crippen LogP contribution in [-0.2, 0) is 11.2 Å². The maximum atomic E-state index is 10.4. The van der Waals surface area contributed by atoms with Crippen molar-refractivity contribution in [3.05, 3.63) is 35.4 Å². The van der Waals surface area contributed by atoms with Crippen LogP contribution in [0.3, 0.4) is 0 Å². The van der Waals surface area contributed by atoms with Crippen LogP contribution < -0.4 is 0 Å². The fraction of sp³-hybridized carbons (Fsp3) is 0.533. The predicted octanol–water partition coefficient (Wildman–Crippen LogP) is 3.70. The maximum Gasteiger partial charge on any atom is 0.303 e. The summed E-state index contributed by atoms with van der Waals surface area (Å²) in [4.78, 5) is 10.4. The van der Waals surface area contributed by atoms with E-state index in [0.29, 0.717) is 0 Å². The van der Waals surface area contributed by atoms with E-state index in [9.17, 15) is 4.79 Å². The van der Waals surface area contributed by atoms with Crippen molar-refractivity contribution in [2.75, 3.05) is 11.5 Å². The van der Waals surface area contributed by atoms with Gasteiger partial charge in [0.25, 0.3) is 0 Å². The second-order valence-electron chi connectivity index (χ2n) is 4.88. The zero-order chi connectivity index (χ0) is 12.8. The van der Waals surface area contributed by atoms with Gasteiger partial charge in [-0.25, -0.2) is 0 Å². The maximum absolute atomic E-state index is 10.4. The summed E-state index contributed by atoms with van der Waals surface area (Å²) in [6.07, 6.45) is 4.45. The van der Waals surface area contributed by atoms with E-state index in [2.05, 4.69) is 36.0 Å². The monoisotopic (exact) mass is 264 g/mol. The molecule has 1 aliphatic rings. The Kier molecular flexibility index (Phi) is 5.12. The smallest absolute Gasteiger partial charge is 0.303 e. The zero-order valence-electron chi connectivity index (χ0n) is 10.6. The quantitative estimate of drug-likeness (QED) is 0.881. The van der Waals surface area contributed by atoms with E-state index in [4.69, 9.17) is 5.11 Å². The Morgan fingerprint density at radius 1 is 1.22 bits per heavy atom. The van der Waals surface area contributed by atoms with Gasteiger partial charge in [-0.3, -0.25) is 4.79 Å². The molecule has 0 amide bonds. The van der Waals surface area contributed by atoms with Crippen LogP contribution in [0.2, 0.25) is 0 Å². The van der Waals surface area contributed by atoms with Gasteiger partial charge in [0.1, 0.15) is 0 Å². The molecule has 1 fully saturated rings. The lowest BCUT2D eigenvalue weighted by Gasteiger charge is -2.21. The summed E-state index contributed by atoms with van der Waals surface area (Å²) in [5, 5.41) is 8.60. The Labute approximate surface area is 113 Å². The Hall–Kier alpha value is -0.960. The molecule has 0 atom stereocenters. The fourth-order valence-electron chi connectivity index (χ4n) is 2.43. The molecule has 0 unspecified atom stereocenters. The van der Waals surface area contributed by atoms with Crippen molar-refractivity contribution in [1.29, 1.82) is 0 Å². The molecular weight excluding hydrogens is 244 g/mol. The number of thioether (sulfide) groups is 1. The first-order valence-corrected chi connectivity index (χ1v) is 7.79. The number of rotatable bonds is 5. The van der Waals surface area contributed by atoms with Crippen LogP contribution in [0.25, 0.3) is 0 Å². The molecule has 0 aromatic heterocycles. The first kappa shape index (κ1) is 13.5. The number of hydrogen-bond acceptors (Lipinski definition) is 2. The molecule has 18 heavy (non-hydrogen) atoms. The average Bonchev–Trinajstić information content (AvgIpc) is 2.40. The number of carboxylic acids is 1. The molecule has 1 aromatic carbocycles. The molecule has 1 aliphatic heterocycles. The van der Waals surface area contributed by atoms with Crippen LogP contribution in [-0.4, -0.2) is 22.6 Å². The van der Waals surface area contributed by atoms with E-state index in [1.54, 1.807) is 0 Å². The molecule has 0 spiro atoms. The van der Waals surface area contributed by atoms with E-state index in [1.165, 1.54) is 35.5 Å². The van der Waals surface area contributed by atoms with Crippen molar-refractivity contribution in [3.63, 3.8) is 0 Å². The van der Waals surface area contributed by atoms with Gasteiger partial charge in [-0.1, -0.05) is 24.3 Å². The van der Waals surface area contributed by atoms with Crippen molar-refractivity contribution in [1.82, 2.24) is 0 Å². The van der Waals surface area contributed by atoms with E-state index in [0.717, 1.165) is 18.8 Å². The van der Waals surface area contributed by atoms with Gasteiger partial charge in [-0.2, -0.15) is 11.8 Å². The standard InChI is InChI=1S/C15H20O2S/c16-15(17)3-1-2-12-4-6-13(7-5-12)14-8-10-18-11-9-14/h4-7,14H,1-3,8-11H2,(H,16,17). The molecule has 0 bridgehead atoms. The molecule has 98 valence electrons. The highest BCUT2D eigenvalue weighted by Gasteiger charge is 2.15. The molecular formula is C15H20O2S. The predicted molar refractivity (Wildman–Crippen MR) is 76.3 cm³/mol. The summed E-state index contributed by atoms with van der Waals surface area (Å²) in [5.41, 5.74) is 2.71. The third-order valence-electron chi connectivity index (χ3n) is 3.53. The van der Waals surface area contributed by atoms with Gasteiger partial charge >= 0.3 is 5.97 Å². The van der Waals surface area contributed by atoms with Gasteiger partial charge in [0, 0.05) is 6.42 Å². The van der Waals surface area contributed by atoms with E-state index < -0.39 is 5.97 Å². The fourth-order valence-corrected chi connectivity index (χ4v) is 3.54. The first-order chi connectivity index (χ1) is 8.75. The minimum atomic E-state index is -0.702. The van der Waals surface area contributed by atoms with Gasteiger partial charge in [0.15, 0.2) is 0 Å². The molecule has 0 radical (unpaired) electrons. The Bertz CT molecular complexity index is 380. The lowest BCUT2D eigenvalue weighted by atomic mass is 9.92. The van der Waals surface area contributed by atoms with Gasteiger partial charge in [-0.15, -0.1) is 0 Å². The second-order valence-corrected chi connectivity index (χ2v) is 6.10. The summed E-state index contributed by atoms with van der Waals surface area (Å²) in [6, 6.07) is 8.80. The second kappa shape index (κ2) is 6.83. The largest absolute Gasteiger partial charge is 0.481 e. The normalized spacial score (nSPS) is 16.7. The van der Waals surface area contributed by atoms with Crippen molar-refractivity contribution < 1.29 is 9.90 Å². The Morgan fingerprint density at radius 3 is 2.50 bits per heavy atom. The highest BCUT2D eigenvalue weighted by atomic mass is 32.2. The number of carbonyl (C=O) groups is 1. The molecule has 0 aliphatic carbocycles. The van der Waals surface area contributed by atoms with Gasteiger partial charge in [0.05, 0.1) is 0 Å². The summed E-state index contributed by atoms with van der Waals surface area (Å²) >= 11 is 2.05. The van der Waals surface area contributed by atoms with Gasteiger partial charge < -0.3 is 5.11 Å². The zero-order valence-corrected chi connectivity index (χ0v) is 11.4. The van der Waals surface area contributed by atoms with Crippen LogP contribution in [0, 0.1) is 0 Å². The van der Waals surface area contributed by atoms with Gasteiger partial charge in [0.2, 0.25) is 0 Å². The van der Waals surface area contributed by atoms with Crippen molar-refractivity contribution >= 4 is 17.7 Å². The van der Waals surface area contributed by atoms with Crippen LogP contribution in [0.1, 0.15) is 42.7 Å². The summed E-state index contributed by atoms with van der Waals surface area (Å²) in [6.45, 7) is 0. The minimum absolute atomic E-state index is 0.265. The van der Waals surface area contributed by atoms with Crippen molar-refractivity contribution in [3.8, 4) is 0 Å². The number of aryl methyl sites for hydroxylation is 1. The molecule has 1 saturated heterocycles. The molecule has 1 heterocycles. The van der Waals surface area contributed by atoms with E-state index in [1.807, 2.05) is 0 Å². The topological polar surface area (TPSA) is 37.3 Å². The highest BCUT2D eigenvalue weighted by Crippen LogP contribution is 2.31. The third-order valence-corrected chi connectivity index (χ3v) is 4.58. The van der Waals surface area contributed by atoms with Crippen LogP contribution in [0.15, 0.2) is 24.3 Å². The van der Waals surface area contributed by atoms with Gasteiger partial charge in [-0.05, 0) is 54.2 Å². The highest BCUT2D eigenvalue weighted by molar-refractivity contribution is 7.99. The number of carboxylic acid groups (broad SMARTS) is 1. The number of benzene rings is 1. The lowest BCUT2D eigenvalue weighted by molar-refractivity contribution is -0.137. The molecule has 3 heteroatoms. The van der Waals surface area contributed by atoms with Crippen LogP contribution in [0.4, 0.5) is 0 Å². The molecule has 2 nitrogen and oxygen atoms in total. The van der Waals surface area contributed by atoms with Crippen LogP contribution >= 0.6 is 11.8 Å². The molecule has 1 aromatic rings. The SMILES string of the molecule is O=C(O)CCCc1ccc(C2CCSCC2)cc1. The Morgan fingerprint density at radius 2 is 1.89 bits per heavy atom. The molecule has 2 rings (SSSR count). The third kappa shape index (κ3) is 4.05. The summed E-state index contributed by atoms with van der Waals surface area (Å²) in [7, 11) is 0. The first-order valence-electron chi connectivity index (χ1n) is 6.64.